The maximum atomic E-state index is 14.9. The first-order valence-corrected chi connectivity index (χ1v) is 16.1. The molecule has 0 aliphatic carbocycles. The molecule has 3 saturated heterocycles. The Labute approximate surface area is 252 Å². The van der Waals surface area contributed by atoms with Crippen LogP contribution in [0.25, 0.3) is 0 Å². The molecule has 6 atom stereocenters. The van der Waals surface area contributed by atoms with Gasteiger partial charge >= 0.3 is 5.97 Å². The fourth-order valence-electron chi connectivity index (χ4n) is 8.01. The van der Waals surface area contributed by atoms with Crippen LogP contribution in [0.5, 0.6) is 0 Å². The average Bonchev–Trinajstić information content (AvgIpc) is 3.42. The molecule has 3 heterocycles. The number of unbranched alkanes of at least 4 members (excludes halogenated alkanes) is 1. The van der Waals surface area contributed by atoms with Crippen LogP contribution in [0.2, 0.25) is 0 Å². The number of fused-ring (bicyclic) bond motifs is 1. The molecule has 3 rings (SSSR count). The fourth-order valence-corrected chi connectivity index (χ4v) is 10.3. The standard InChI is InChI=1S/C33H54N2O5S/c1-11-13-14-18-40-29(39)25-24-27(37)35(23(20-36)19-22(3)4)26(33(24)16-15-32(25,10)41-33)28(38)34(17-12-2)31(8,9)21-30(5,6)7/h11-12,22-26,36H,1-2,13-21H2,3-10H3/t23-,24+,25-,26?,32+,33?/m1/s1. The Morgan fingerprint density at radius 2 is 1.85 bits per heavy atom. The number of rotatable bonds is 14. The van der Waals surface area contributed by atoms with Crippen molar-refractivity contribution in [2.45, 2.75) is 121 Å². The van der Waals surface area contributed by atoms with E-state index in [4.69, 9.17) is 4.74 Å². The zero-order valence-electron chi connectivity index (χ0n) is 26.7. The molecule has 0 aromatic carbocycles. The highest BCUT2D eigenvalue weighted by atomic mass is 32.2. The monoisotopic (exact) mass is 590 g/mol. The van der Waals surface area contributed by atoms with Crippen molar-refractivity contribution in [1.82, 2.24) is 9.80 Å². The van der Waals surface area contributed by atoms with Crippen LogP contribution < -0.4 is 0 Å². The number of esters is 1. The van der Waals surface area contributed by atoms with Crippen molar-refractivity contribution < 1.29 is 24.2 Å². The minimum absolute atomic E-state index is 0.0328. The van der Waals surface area contributed by atoms with E-state index in [1.54, 1.807) is 28.8 Å². The fraction of sp³-hybridized carbons (Fsp3) is 0.788. The lowest BCUT2D eigenvalue weighted by Gasteiger charge is -2.46. The molecule has 0 saturated carbocycles. The highest BCUT2D eigenvalue weighted by Crippen LogP contribution is 2.72. The molecule has 3 aliphatic heterocycles. The summed E-state index contributed by atoms with van der Waals surface area (Å²) in [7, 11) is 0. The number of aliphatic hydroxyl groups excluding tert-OH is 1. The molecule has 7 nitrogen and oxygen atoms in total. The van der Waals surface area contributed by atoms with Gasteiger partial charge in [-0.05, 0) is 70.6 Å². The van der Waals surface area contributed by atoms with Gasteiger partial charge in [0.2, 0.25) is 11.8 Å². The van der Waals surface area contributed by atoms with E-state index in [2.05, 4.69) is 68.5 Å². The number of nitrogens with zero attached hydrogens (tertiary/aromatic N) is 2. The van der Waals surface area contributed by atoms with Crippen LogP contribution in [0.3, 0.4) is 0 Å². The van der Waals surface area contributed by atoms with E-state index in [0.29, 0.717) is 25.8 Å². The molecule has 1 spiro atoms. The molecule has 2 unspecified atom stereocenters. The van der Waals surface area contributed by atoms with Crippen molar-refractivity contribution in [2.24, 2.45) is 23.2 Å². The number of hydrogen-bond donors (Lipinski definition) is 1. The van der Waals surface area contributed by atoms with Gasteiger partial charge in [0.05, 0.1) is 35.8 Å². The molecular formula is C33H54N2O5S. The number of hydrogen-bond acceptors (Lipinski definition) is 6. The number of allylic oxidation sites excluding steroid dienone is 1. The second kappa shape index (κ2) is 12.4. The molecule has 2 amide bonds. The van der Waals surface area contributed by atoms with E-state index in [-0.39, 0.29) is 42.3 Å². The van der Waals surface area contributed by atoms with Crippen LogP contribution in [0.4, 0.5) is 0 Å². The summed E-state index contributed by atoms with van der Waals surface area (Å²) >= 11 is 1.65. The lowest BCUT2D eigenvalue weighted by atomic mass is 9.66. The van der Waals surface area contributed by atoms with Gasteiger partial charge in [-0.25, -0.2) is 0 Å². The zero-order chi connectivity index (χ0) is 31.0. The van der Waals surface area contributed by atoms with E-state index in [1.807, 2.05) is 4.90 Å². The number of aliphatic hydroxyl groups is 1. The van der Waals surface area contributed by atoms with Crippen molar-refractivity contribution >= 4 is 29.5 Å². The summed E-state index contributed by atoms with van der Waals surface area (Å²) in [5.74, 6) is -1.75. The molecule has 2 bridgehead atoms. The SMILES string of the molecule is C=CCCCOC(=O)[C@H]1[C@H]2C(=O)N([C@@H](CO)CC(C)C)C(C(=O)N(CC=C)C(C)(C)CC(C)(C)C)C23CC[C@]1(C)S3. The zero-order valence-corrected chi connectivity index (χ0v) is 27.5. The Bertz CT molecular complexity index is 1020. The smallest absolute Gasteiger partial charge is 0.311 e. The highest BCUT2D eigenvalue weighted by molar-refractivity contribution is 8.02. The summed E-state index contributed by atoms with van der Waals surface area (Å²) in [5, 5.41) is 10.6. The first kappa shape index (κ1) is 33.7. The maximum absolute atomic E-state index is 14.9. The lowest BCUT2D eigenvalue weighted by Crippen LogP contribution is -2.61. The van der Waals surface area contributed by atoms with Crippen molar-refractivity contribution in [3.63, 3.8) is 0 Å². The Hall–Kier alpha value is -1.80. The topological polar surface area (TPSA) is 87.1 Å². The summed E-state index contributed by atoms with van der Waals surface area (Å²) < 4.78 is 4.50. The molecule has 3 aliphatic rings. The predicted octanol–water partition coefficient (Wildman–Crippen LogP) is 5.61. The lowest BCUT2D eigenvalue weighted by molar-refractivity contribution is -0.156. The Morgan fingerprint density at radius 1 is 1.20 bits per heavy atom. The Kier molecular flexibility index (Phi) is 10.2. The molecule has 0 aromatic heterocycles. The van der Waals surface area contributed by atoms with E-state index in [0.717, 1.165) is 19.3 Å². The second-order valence-electron chi connectivity index (χ2n) is 14.8. The quantitative estimate of drug-likeness (QED) is 0.161. The van der Waals surface area contributed by atoms with E-state index >= 15 is 0 Å². The van der Waals surface area contributed by atoms with Crippen LogP contribution >= 0.6 is 11.8 Å². The summed E-state index contributed by atoms with van der Waals surface area (Å²) in [6, 6.07) is -1.29. The van der Waals surface area contributed by atoms with Gasteiger partial charge in [0.1, 0.15) is 6.04 Å². The van der Waals surface area contributed by atoms with Gasteiger partial charge in [-0.2, -0.15) is 0 Å². The van der Waals surface area contributed by atoms with Gasteiger partial charge in [-0.15, -0.1) is 24.9 Å². The van der Waals surface area contributed by atoms with Crippen LogP contribution in [0.15, 0.2) is 25.3 Å². The normalized spacial score (nSPS) is 30.0. The van der Waals surface area contributed by atoms with E-state index < -0.39 is 39.0 Å². The first-order chi connectivity index (χ1) is 19.0. The molecule has 232 valence electrons. The van der Waals surface area contributed by atoms with Gasteiger partial charge in [0.25, 0.3) is 0 Å². The molecule has 0 radical (unpaired) electrons. The van der Waals surface area contributed by atoms with Crippen LogP contribution in [0.1, 0.15) is 93.9 Å². The van der Waals surface area contributed by atoms with Gasteiger partial charge in [0.15, 0.2) is 0 Å². The summed E-state index contributed by atoms with van der Waals surface area (Å²) in [6.07, 6.45) is 7.70. The van der Waals surface area contributed by atoms with Gasteiger partial charge in [0, 0.05) is 16.8 Å². The first-order valence-electron chi connectivity index (χ1n) is 15.3. The van der Waals surface area contributed by atoms with Crippen LogP contribution in [-0.2, 0) is 19.1 Å². The maximum Gasteiger partial charge on any atom is 0.311 e. The molecule has 3 fully saturated rings. The van der Waals surface area contributed by atoms with Crippen LogP contribution in [-0.4, -0.2) is 79.6 Å². The predicted molar refractivity (Wildman–Crippen MR) is 166 cm³/mol. The second-order valence-corrected chi connectivity index (χ2v) is 16.7. The number of carbonyl (C=O) groups excluding carboxylic acids is 3. The summed E-state index contributed by atoms with van der Waals surface area (Å²) in [4.78, 5) is 46.7. The van der Waals surface area contributed by atoms with Crippen molar-refractivity contribution in [3.05, 3.63) is 25.3 Å². The highest BCUT2D eigenvalue weighted by Gasteiger charge is 2.78. The number of ether oxygens (including phenoxy) is 1. The molecule has 41 heavy (non-hydrogen) atoms. The van der Waals surface area contributed by atoms with E-state index in [9.17, 15) is 19.5 Å². The van der Waals surface area contributed by atoms with Crippen LogP contribution in [0, 0.1) is 23.2 Å². The Balaban J connectivity index is 2.12. The Morgan fingerprint density at radius 3 is 2.39 bits per heavy atom. The minimum Gasteiger partial charge on any atom is -0.465 e. The van der Waals surface area contributed by atoms with Crippen molar-refractivity contribution in [2.75, 3.05) is 19.8 Å². The summed E-state index contributed by atoms with van der Waals surface area (Å²) in [6.45, 7) is 24.9. The number of thioether (sulfide) groups is 1. The molecular weight excluding hydrogens is 536 g/mol. The molecule has 0 aromatic rings. The van der Waals surface area contributed by atoms with Crippen molar-refractivity contribution in [3.8, 4) is 0 Å². The molecule has 1 N–H and O–H groups in total. The minimum atomic E-state index is -0.777. The summed E-state index contributed by atoms with van der Waals surface area (Å²) in [5.41, 5.74) is -0.538. The van der Waals surface area contributed by atoms with Gasteiger partial charge in [-0.3, -0.25) is 14.4 Å². The molecule has 8 heteroatoms. The van der Waals surface area contributed by atoms with Gasteiger partial charge in [-0.1, -0.05) is 46.8 Å². The third kappa shape index (κ3) is 6.43. The number of carbonyl (C=O) groups is 3. The van der Waals surface area contributed by atoms with Gasteiger partial charge < -0.3 is 19.6 Å². The largest absolute Gasteiger partial charge is 0.465 e. The number of likely N-dealkylation sites (tertiary alicyclic amines) is 1. The van der Waals surface area contributed by atoms with E-state index in [1.165, 1.54) is 0 Å². The third-order valence-corrected chi connectivity index (χ3v) is 11.1. The van der Waals surface area contributed by atoms with Crippen molar-refractivity contribution in [1.29, 1.82) is 0 Å². The number of amides is 2. The third-order valence-electron chi connectivity index (χ3n) is 9.12. The average molecular weight is 591 g/mol.